The number of hydrogen-bond acceptors (Lipinski definition) is 5. The van der Waals surface area contributed by atoms with Crippen LogP contribution in [0.1, 0.15) is 26.7 Å². The van der Waals surface area contributed by atoms with E-state index in [1.807, 2.05) is 13.8 Å². The largest absolute Gasteiger partial charge is 0.354 e. The van der Waals surface area contributed by atoms with Crippen LogP contribution in [-0.4, -0.2) is 48.5 Å². The Labute approximate surface area is 112 Å². The monoisotopic (exact) mass is 269 g/mol. The van der Waals surface area contributed by atoms with E-state index in [0.717, 1.165) is 6.29 Å². The zero-order valence-electron chi connectivity index (χ0n) is 11.4. The van der Waals surface area contributed by atoms with E-state index in [1.165, 1.54) is 12.0 Å². The first-order chi connectivity index (χ1) is 9.01. The second-order valence-corrected chi connectivity index (χ2v) is 5.21. The van der Waals surface area contributed by atoms with Crippen molar-refractivity contribution in [3.8, 4) is 0 Å². The Kier molecular flexibility index (Phi) is 4.01. The summed E-state index contributed by atoms with van der Waals surface area (Å²) in [7, 11) is 1.45. The van der Waals surface area contributed by atoms with Gasteiger partial charge in [-0.25, -0.2) is 0 Å². The number of nitrogens with zero attached hydrogens (tertiary/aromatic N) is 1. The van der Waals surface area contributed by atoms with Crippen molar-refractivity contribution >= 4 is 18.1 Å². The number of likely N-dealkylation sites (tertiary alicyclic amines) is 1. The van der Waals surface area contributed by atoms with E-state index < -0.39 is 18.4 Å². The Balaban J connectivity index is 2.28. The van der Waals surface area contributed by atoms with Crippen LogP contribution in [0, 0.1) is 11.8 Å². The Morgan fingerprint density at radius 2 is 1.79 bits per heavy atom. The number of hydrogen-bond donors (Lipinski definition) is 0. The van der Waals surface area contributed by atoms with Gasteiger partial charge in [0.25, 0.3) is 0 Å². The lowest BCUT2D eigenvalue weighted by Gasteiger charge is -2.45. The molecule has 0 radical (unpaired) electrons. The van der Waals surface area contributed by atoms with Crippen molar-refractivity contribution in [1.29, 1.82) is 0 Å². The summed E-state index contributed by atoms with van der Waals surface area (Å²) in [5.74, 6) is -0.511. The first kappa shape index (κ1) is 14.1. The highest BCUT2D eigenvalue weighted by atomic mass is 16.7. The van der Waals surface area contributed by atoms with E-state index >= 15 is 0 Å². The minimum Gasteiger partial charge on any atom is -0.354 e. The highest BCUT2D eigenvalue weighted by molar-refractivity contribution is 6.02. The van der Waals surface area contributed by atoms with Crippen LogP contribution in [0.3, 0.4) is 0 Å². The summed E-state index contributed by atoms with van der Waals surface area (Å²) in [6.45, 7) is 3.80. The number of carbonyl (C=O) groups excluding carboxylic acids is 3. The summed E-state index contributed by atoms with van der Waals surface area (Å²) in [6.07, 6.45) is -0.0817. The van der Waals surface area contributed by atoms with Crippen molar-refractivity contribution in [2.45, 2.75) is 45.1 Å². The maximum Gasteiger partial charge on any atom is 0.230 e. The number of carbonyl (C=O) groups is 3. The molecule has 5 atom stereocenters. The van der Waals surface area contributed by atoms with Crippen LogP contribution in [0.2, 0.25) is 0 Å². The van der Waals surface area contributed by atoms with Gasteiger partial charge < -0.3 is 14.3 Å². The number of aldehydes is 1. The molecular weight excluding hydrogens is 250 g/mol. The molecule has 2 saturated heterocycles. The van der Waals surface area contributed by atoms with Gasteiger partial charge in [0.1, 0.15) is 12.4 Å². The van der Waals surface area contributed by atoms with Gasteiger partial charge in [-0.05, 0) is 11.8 Å². The first-order valence-electron chi connectivity index (χ1n) is 6.49. The fourth-order valence-corrected chi connectivity index (χ4v) is 2.85. The molecule has 2 aliphatic rings. The summed E-state index contributed by atoms with van der Waals surface area (Å²) in [5, 5.41) is 0. The molecule has 0 saturated carbocycles. The standard InChI is InChI=1S/C13H19NO5/c1-7-8(2)12(13(18-3)19-9(7)6-15)14-10(16)4-5-11(14)17/h6-9,12-13H,4-5H2,1-3H3. The molecule has 2 rings (SSSR count). The van der Waals surface area contributed by atoms with Gasteiger partial charge in [-0.3, -0.25) is 14.5 Å². The highest BCUT2D eigenvalue weighted by Gasteiger charge is 2.49. The van der Waals surface area contributed by atoms with Gasteiger partial charge >= 0.3 is 0 Å². The number of rotatable bonds is 3. The molecule has 0 aliphatic carbocycles. The summed E-state index contributed by atoms with van der Waals surface area (Å²) in [4.78, 5) is 36.0. The van der Waals surface area contributed by atoms with Crippen LogP contribution in [0.4, 0.5) is 0 Å². The van der Waals surface area contributed by atoms with Gasteiger partial charge in [0, 0.05) is 20.0 Å². The molecule has 2 aliphatic heterocycles. The fraction of sp³-hybridized carbons (Fsp3) is 0.769. The smallest absolute Gasteiger partial charge is 0.230 e. The van der Waals surface area contributed by atoms with Crippen molar-refractivity contribution in [3.63, 3.8) is 0 Å². The average Bonchev–Trinajstić information content (AvgIpc) is 2.72. The van der Waals surface area contributed by atoms with Crippen LogP contribution >= 0.6 is 0 Å². The number of ether oxygens (including phenoxy) is 2. The Morgan fingerprint density at radius 3 is 2.26 bits per heavy atom. The molecule has 2 heterocycles. The van der Waals surface area contributed by atoms with E-state index in [9.17, 15) is 14.4 Å². The summed E-state index contributed by atoms with van der Waals surface area (Å²) >= 11 is 0. The quantitative estimate of drug-likeness (QED) is 0.546. The minimum atomic E-state index is -0.743. The van der Waals surface area contributed by atoms with Gasteiger partial charge in [0.2, 0.25) is 11.8 Å². The molecule has 6 nitrogen and oxygen atoms in total. The molecule has 2 fully saturated rings. The Morgan fingerprint density at radius 1 is 1.21 bits per heavy atom. The molecule has 0 bridgehead atoms. The third-order valence-corrected chi connectivity index (χ3v) is 4.21. The minimum absolute atomic E-state index is 0.0556. The van der Waals surface area contributed by atoms with E-state index in [0.29, 0.717) is 0 Å². The van der Waals surface area contributed by atoms with E-state index in [-0.39, 0.29) is 36.5 Å². The molecular formula is C13H19NO5. The third kappa shape index (κ3) is 2.30. The predicted molar refractivity (Wildman–Crippen MR) is 64.9 cm³/mol. The third-order valence-electron chi connectivity index (χ3n) is 4.21. The van der Waals surface area contributed by atoms with Gasteiger partial charge in [-0.2, -0.15) is 0 Å². The molecule has 2 amide bonds. The number of amides is 2. The molecule has 0 aromatic rings. The lowest BCUT2D eigenvalue weighted by molar-refractivity contribution is -0.234. The lowest BCUT2D eigenvalue weighted by Crippen LogP contribution is -2.59. The predicted octanol–water partition coefficient (Wildman–Crippen LogP) is 0.346. The lowest BCUT2D eigenvalue weighted by atomic mass is 9.81. The SMILES string of the molecule is COC1OC(C=O)C(C)C(C)C1N1C(=O)CCC1=O. The Hall–Kier alpha value is -1.27. The fourth-order valence-electron chi connectivity index (χ4n) is 2.85. The highest BCUT2D eigenvalue weighted by Crippen LogP contribution is 2.35. The number of methoxy groups -OCH3 is 1. The number of imide groups is 1. The van der Waals surface area contributed by atoms with Gasteiger partial charge in [-0.15, -0.1) is 0 Å². The van der Waals surface area contributed by atoms with Gasteiger partial charge in [0.05, 0.1) is 6.04 Å². The molecule has 0 aromatic heterocycles. The normalized spacial score (nSPS) is 39.7. The van der Waals surface area contributed by atoms with Crippen molar-refractivity contribution in [2.24, 2.45) is 11.8 Å². The molecule has 0 aromatic carbocycles. The summed E-state index contributed by atoms with van der Waals surface area (Å²) in [6, 6.07) is -0.460. The summed E-state index contributed by atoms with van der Waals surface area (Å²) in [5.41, 5.74) is 0. The zero-order chi connectivity index (χ0) is 14.2. The van der Waals surface area contributed by atoms with Crippen molar-refractivity contribution < 1.29 is 23.9 Å². The first-order valence-corrected chi connectivity index (χ1v) is 6.49. The van der Waals surface area contributed by atoms with Crippen LogP contribution < -0.4 is 0 Å². The van der Waals surface area contributed by atoms with Crippen LogP contribution in [-0.2, 0) is 23.9 Å². The second kappa shape index (κ2) is 5.38. The topological polar surface area (TPSA) is 72.9 Å². The average molecular weight is 269 g/mol. The zero-order valence-corrected chi connectivity index (χ0v) is 11.4. The van der Waals surface area contributed by atoms with Crippen molar-refractivity contribution in [1.82, 2.24) is 4.90 Å². The Bertz CT molecular complexity index is 378. The van der Waals surface area contributed by atoms with Crippen LogP contribution in [0.5, 0.6) is 0 Å². The van der Waals surface area contributed by atoms with Crippen LogP contribution in [0.25, 0.3) is 0 Å². The summed E-state index contributed by atoms with van der Waals surface area (Å²) < 4.78 is 10.8. The second-order valence-electron chi connectivity index (χ2n) is 5.21. The van der Waals surface area contributed by atoms with Crippen molar-refractivity contribution in [3.05, 3.63) is 0 Å². The molecule has 0 N–H and O–H groups in total. The maximum absolute atomic E-state index is 11.9. The van der Waals surface area contributed by atoms with E-state index in [1.54, 1.807) is 0 Å². The molecule has 19 heavy (non-hydrogen) atoms. The molecule has 5 unspecified atom stereocenters. The molecule has 6 heteroatoms. The molecule has 0 spiro atoms. The van der Waals surface area contributed by atoms with E-state index in [4.69, 9.17) is 9.47 Å². The van der Waals surface area contributed by atoms with Crippen LogP contribution in [0.15, 0.2) is 0 Å². The van der Waals surface area contributed by atoms with E-state index in [2.05, 4.69) is 0 Å². The molecule has 106 valence electrons. The maximum atomic E-state index is 11.9. The van der Waals surface area contributed by atoms with Crippen molar-refractivity contribution in [2.75, 3.05) is 7.11 Å². The van der Waals surface area contributed by atoms with Gasteiger partial charge in [-0.1, -0.05) is 13.8 Å². The van der Waals surface area contributed by atoms with Gasteiger partial charge in [0.15, 0.2) is 6.29 Å².